The molecule has 0 bridgehead atoms. The van der Waals surface area contributed by atoms with Crippen molar-refractivity contribution in [3.63, 3.8) is 0 Å². The Morgan fingerprint density at radius 3 is 2.35 bits per heavy atom. The highest BCUT2D eigenvalue weighted by Gasteiger charge is 2.13. The highest BCUT2D eigenvalue weighted by Crippen LogP contribution is 2.29. The molecule has 0 aliphatic carbocycles. The molecule has 3 aromatic carbocycles. The first kappa shape index (κ1) is 21.3. The van der Waals surface area contributed by atoms with Crippen LogP contribution in [0.3, 0.4) is 0 Å². The summed E-state index contributed by atoms with van der Waals surface area (Å²) in [4.78, 5) is 4.78. The first-order valence-electron chi connectivity index (χ1n) is 11.1. The second-order valence-electron chi connectivity index (χ2n) is 7.96. The predicted octanol–water partition coefficient (Wildman–Crippen LogP) is 4.33. The van der Waals surface area contributed by atoms with Crippen molar-refractivity contribution in [1.29, 1.82) is 0 Å². The fraction of sp³-hybridized carbons (Fsp3) is 0.148. The number of aryl methyl sites for hydroxylation is 1. The second-order valence-corrected chi connectivity index (χ2v) is 7.96. The first-order valence-corrected chi connectivity index (χ1v) is 11.1. The lowest BCUT2D eigenvalue weighted by molar-refractivity contribution is 0.632. The van der Waals surface area contributed by atoms with Gasteiger partial charge in [0.15, 0.2) is 11.6 Å². The third-order valence-corrected chi connectivity index (χ3v) is 5.62. The number of tetrazole rings is 1. The van der Waals surface area contributed by atoms with E-state index in [1.165, 1.54) is 5.56 Å². The molecule has 0 spiro atoms. The third-order valence-electron chi connectivity index (χ3n) is 5.62. The number of aromatic nitrogens is 7. The van der Waals surface area contributed by atoms with E-state index < -0.39 is 0 Å². The second kappa shape index (κ2) is 9.92. The lowest BCUT2D eigenvalue weighted by Crippen LogP contribution is -2.07. The molecule has 166 valence electrons. The van der Waals surface area contributed by atoms with Crippen molar-refractivity contribution < 1.29 is 0 Å². The summed E-state index contributed by atoms with van der Waals surface area (Å²) in [5.41, 5.74) is 5.44. The molecule has 0 fully saturated rings. The maximum absolute atomic E-state index is 5.51. The number of benzene rings is 3. The average molecular weight is 446 g/mol. The van der Waals surface area contributed by atoms with Gasteiger partial charge in [-0.1, -0.05) is 78.9 Å². The Labute approximate surface area is 197 Å². The van der Waals surface area contributed by atoms with Gasteiger partial charge in [0.05, 0.1) is 6.54 Å². The average Bonchev–Trinajstić information content (AvgIpc) is 3.54. The van der Waals surface area contributed by atoms with Crippen molar-refractivity contribution in [2.45, 2.75) is 25.8 Å². The van der Waals surface area contributed by atoms with E-state index in [1.807, 2.05) is 41.1 Å². The fourth-order valence-electron chi connectivity index (χ4n) is 3.95. The van der Waals surface area contributed by atoms with Crippen LogP contribution in [0.2, 0.25) is 0 Å². The molecular formula is C27H23N7. The fourth-order valence-corrected chi connectivity index (χ4v) is 3.95. The van der Waals surface area contributed by atoms with Gasteiger partial charge in [0.2, 0.25) is 0 Å². The van der Waals surface area contributed by atoms with Crippen LogP contribution in [0.5, 0.6) is 0 Å². The Bertz CT molecular complexity index is 1400. The maximum atomic E-state index is 5.51. The number of aromatic amines is 1. The zero-order valence-electron chi connectivity index (χ0n) is 18.6. The number of nitrogens with zero attached hydrogens (tertiary/aromatic N) is 6. The van der Waals surface area contributed by atoms with Crippen molar-refractivity contribution >= 4 is 0 Å². The minimum Gasteiger partial charge on any atom is -0.245 e. The number of hydrogen-bond acceptors (Lipinski definition) is 5. The Morgan fingerprint density at radius 2 is 1.62 bits per heavy atom. The van der Waals surface area contributed by atoms with Gasteiger partial charge in [0, 0.05) is 24.8 Å². The molecule has 2 aromatic heterocycles. The van der Waals surface area contributed by atoms with Crippen LogP contribution in [0.4, 0.5) is 0 Å². The monoisotopic (exact) mass is 445 g/mol. The number of rotatable bonds is 8. The van der Waals surface area contributed by atoms with Crippen LogP contribution in [-0.2, 0) is 19.4 Å². The minimum atomic E-state index is 0.635. The van der Waals surface area contributed by atoms with Crippen molar-refractivity contribution in [1.82, 2.24) is 35.4 Å². The zero-order valence-corrected chi connectivity index (χ0v) is 18.6. The molecule has 7 heteroatoms. The Morgan fingerprint density at radius 1 is 0.853 bits per heavy atom. The van der Waals surface area contributed by atoms with Gasteiger partial charge in [0.25, 0.3) is 0 Å². The lowest BCUT2D eigenvalue weighted by atomic mass is 9.98. The third kappa shape index (κ3) is 4.76. The van der Waals surface area contributed by atoms with E-state index in [4.69, 9.17) is 16.5 Å². The summed E-state index contributed by atoms with van der Waals surface area (Å²) in [5.74, 6) is 5.08. The maximum Gasteiger partial charge on any atom is 0.180 e. The quantitative estimate of drug-likeness (QED) is 0.359. The molecule has 5 aromatic rings. The molecule has 2 heterocycles. The van der Waals surface area contributed by atoms with Gasteiger partial charge in [-0.25, -0.2) is 14.8 Å². The highest BCUT2D eigenvalue weighted by atomic mass is 15.5. The Balaban J connectivity index is 1.38. The molecule has 0 aliphatic heterocycles. The van der Waals surface area contributed by atoms with Gasteiger partial charge < -0.3 is 0 Å². The van der Waals surface area contributed by atoms with Crippen molar-refractivity contribution in [3.8, 4) is 34.9 Å². The molecular weight excluding hydrogens is 422 g/mol. The molecule has 0 saturated carbocycles. The minimum absolute atomic E-state index is 0.635. The van der Waals surface area contributed by atoms with Crippen LogP contribution >= 0.6 is 0 Å². The summed E-state index contributed by atoms with van der Waals surface area (Å²) >= 11 is 0. The van der Waals surface area contributed by atoms with Crippen LogP contribution in [0, 0.1) is 12.3 Å². The summed E-state index contributed by atoms with van der Waals surface area (Å²) < 4.78 is 1.97. The highest BCUT2D eigenvalue weighted by molar-refractivity contribution is 5.80. The van der Waals surface area contributed by atoms with E-state index in [0.29, 0.717) is 31.6 Å². The molecule has 0 amide bonds. The first-order chi connectivity index (χ1) is 16.8. The van der Waals surface area contributed by atoms with Crippen LogP contribution in [0.25, 0.3) is 22.5 Å². The van der Waals surface area contributed by atoms with E-state index in [2.05, 4.69) is 69.0 Å². The molecule has 34 heavy (non-hydrogen) atoms. The topological polar surface area (TPSA) is 85.2 Å². The van der Waals surface area contributed by atoms with Crippen molar-refractivity contribution in [2.75, 3.05) is 0 Å². The van der Waals surface area contributed by atoms with Gasteiger partial charge in [-0.05, 0) is 32.7 Å². The molecule has 0 atom stereocenters. The van der Waals surface area contributed by atoms with Crippen molar-refractivity contribution in [3.05, 3.63) is 102 Å². The Hall–Kier alpha value is -4.57. The number of nitrogens with one attached hydrogen (secondary N) is 1. The van der Waals surface area contributed by atoms with E-state index >= 15 is 0 Å². The molecule has 0 unspecified atom stereocenters. The van der Waals surface area contributed by atoms with Crippen LogP contribution in [-0.4, -0.2) is 35.4 Å². The zero-order chi connectivity index (χ0) is 23.2. The lowest BCUT2D eigenvalue weighted by Gasteiger charge is -2.09. The largest absolute Gasteiger partial charge is 0.245 e. The molecule has 0 saturated heterocycles. The predicted molar refractivity (Wildman–Crippen MR) is 131 cm³/mol. The molecule has 7 nitrogen and oxygen atoms in total. The van der Waals surface area contributed by atoms with Crippen LogP contribution < -0.4 is 0 Å². The Kier molecular flexibility index (Phi) is 6.21. The van der Waals surface area contributed by atoms with E-state index in [0.717, 1.165) is 33.9 Å². The molecule has 1 N–H and O–H groups in total. The smallest absolute Gasteiger partial charge is 0.180 e. The summed E-state index contributed by atoms with van der Waals surface area (Å²) in [5, 5.41) is 19.1. The normalized spacial score (nSPS) is 10.8. The number of terminal acetylenes is 1. The van der Waals surface area contributed by atoms with Crippen LogP contribution in [0.1, 0.15) is 29.2 Å². The molecule has 0 aliphatic rings. The summed E-state index contributed by atoms with van der Waals surface area (Å²) in [6, 6.07) is 26.8. The van der Waals surface area contributed by atoms with Crippen molar-refractivity contribution in [2.24, 2.45) is 0 Å². The van der Waals surface area contributed by atoms with Gasteiger partial charge in [-0.2, -0.15) is 5.10 Å². The summed E-state index contributed by atoms with van der Waals surface area (Å²) in [6.07, 6.45) is 7.54. The molecule has 0 radical (unpaired) electrons. The summed E-state index contributed by atoms with van der Waals surface area (Å²) in [6.45, 7) is 0.635. The van der Waals surface area contributed by atoms with E-state index in [-0.39, 0.29) is 0 Å². The van der Waals surface area contributed by atoms with E-state index in [9.17, 15) is 0 Å². The molecule has 5 rings (SSSR count). The SMILES string of the molecule is C#CCCc1nc(Cc2ccccc2)nn1Cc1ccc(-c2ccccc2-c2nnn[nH]2)cc1. The van der Waals surface area contributed by atoms with Gasteiger partial charge in [-0.3, -0.25) is 0 Å². The van der Waals surface area contributed by atoms with E-state index in [1.54, 1.807) is 0 Å². The number of hydrogen-bond donors (Lipinski definition) is 1. The number of H-pyrrole nitrogens is 1. The van der Waals surface area contributed by atoms with Crippen LogP contribution in [0.15, 0.2) is 78.9 Å². The standard InChI is InChI=1S/C27H23N7/c1-2-3-13-26-28-25(18-20-9-5-4-6-10-20)31-34(26)19-21-14-16-22(17-15-21)23-11-7-8-12-24(23)27-29-32-33-30-27/h1,4-12,14-17H,3,13,18-19H2,(H,29,30,32,33). The van der Waals surface area contributed by atoms with Gasteiger partial charge in [-0.15, -0.1) is 17.4 Å². The van der Waals surface area contributed by atoms with Gasteiger partial charge >= 0.3 is 0 Å². The van der Waals surface area contributed by atoms with Gasteiger partial charge in [0.1, 0.15) is 5.82 Å². The summed E-state index contributed by atoms with van der Waals surface area (Å²) in [7, 11) is 0.